The molecule has 11 aromatic rings. The Morgan fingerprint density at radius 1 is 0.290 bits per heavy atom. The zero-order valence-electron chi connectivity index (χ0n) is 33.6. The third kappa shape index (κ3) is 7.08. The molecule has 5 heteroatoms. The van der Waals surface area contributed by atoms with E-state index < -0.39 is 0 Å². The highest BCUT2D eigenvalue weighted by Crippen LogP contribution is 2.45. The molecule has 0 aliphatic carbocycles. The molecule has 0 aliphatic heterocycles. The minimum Gasteiger partial charge on any atom is -0.456 e. The van der Waals surface area contributed by atoms with Crippen LogP contribution in [0.3, 0.4) is 0 Å². The van der Waals surface area contributed by atoms with Crippen LogP contribution in [0.1, 0.15) is 0 Å². The Bertz CT molecular complexity index is 3220. The van der Waals surface area contributed by atoms with Gasteiger partial charge in [0.2, 0.25) is 0 Å². The molecule has 9 aromatic carbocycles. The van der Waals surface area contributed by atoms with Gasteiger partial charge in [0, 0.05) is 44.9 Å². The van der Waals surface area contributed by atoms with E-state index in [1.165, 1.54) is 0 Å². The number of hydrogen-bond acceptors (Lipinski definition) is 5. The SMILES string of the molecule is c1ccc(-c2cccc(N(c3cc(-c4ccccc4)cc(-c4ccccc4)c3)c3cc(-c4nc(-c5ccccc5)nc(-c5ccccc5)n4)c4c(c3)oc3ccccc34)c2)cc1. The highest BCUT2D eigenvalue weighted by atomic mass is 16.3. The highest BCUT2D eigenvalue weighted by molar-refractivity contribution is 6.13. The van der Waals surface area contributed by atoms with E-state index in [0.717, 1.165) is 89.1 Å². The van der Waals surface area contributed by atoms with E-state index in [0.29, 0.717) is 17.5 Å². The summed E-state index contributed by atoms with van der Waals surface area (Å²) < 4.78 is 6.79. The number of nitrogens with zero attached hydrogens (tertiary/aromatic N) is 4. The molecule has 0 unspecified atom stereocenters. The predicted octanol–water partition coefficient (Wildman–Crippen LogP) is 15.2. The first kappa shape index (κ1) is 36.7. The van der Waals surface area contributed by atoms with Crippen molar-refractivity contribution >= 4 is 39.0 Å². The first-order valence-corrected chi connectivity index (χ1v) is 20.8. The largest absolute Gasteiger partial charge is 0.456 e. The highest BCUT2D eigenvalue weighted by Gasteiger charge is 2.23. The molecule has 0 saturated carbocycles. The number of furan rings is 1. The summed E-state index contributed by atoms with van der Waals surface area (Å²) in [5.41, 5.74) is 13.8. The molecule has 0 aliphatic rings. The van der Waals surface area contributed by atoms with Crippen LogP contribution in [0.15, 0.2) is 235 Å². The maximum atomic E-state index is 6.79. The maximum Gasteiger partial charge on any atom is 0.164 e. The fourth-order valence-corrected chi connectivity index (χ4v) is 8.31. The van der Waals surface area contributed by atoms with Crippen LogP contribution in [-0.4, -0.2) is 15.0 Å². The number of fused-ring (bicyclic) bond motifs is 3. The normalized spacial score (nSPS) is 11.2. The number of rotatable bonds is 9. The minimum absolute atomic E-state index is 0.553. The second kappa shape index (κ2) is 16.0. The maximum absolute atomic E-state index is 6.79. The summed E-state index contributed by atoms with van der Waals surface area (Å²) in [5, 5.41) is 1.93. The van der Waals surface area contributed by atoms with Gasteiger partial charge in [-0.2, -0.15) is 0 Å². The fraction of sp³-hybridized carbons (Fsp3) is 0. The molecule has 2 aromatic heterocycles. The third-order valence-corrected chi connectivity index (χ3v) is 11.3. The molecular formula is C57H38N4O. The molecule has 11 rings (SSSR count). The van der Waals surface area contributed by atoms with E-state index in [9.17, 15) is 0 Å². The molecule has 0 saturated heterocycles. The molecule has 0 amide bonds. The van der Waals surface area contributed by atoms with Crippen molar-refractivity contribution in [1.29, 1.82) is 0 Å². The van der Waals surface area contributed by atoms with Crippen molar-refractivity contribution < 1.29 is 4.42 Å². The van der Waals surface area contributed by atoms with Gasteiger partial charge < -0.3 is 9.32 Å². The van der Waals surface area contributed by atoms with Crippen molar-refractivity contribution in [2.75, 3.05) is 4.90 Å². The van der Waals surface area contributed by atoms with Gasteiger partial charge in [0.15, 0.2) is 17.5 Å². The molecule has 0 fully saturated rings. The first-order valence-electron chi connectivity index (χ1n) is 20.8. The zero-order chi connectivity index (χ0) is 41.2. The van der Waals surface area contributed by atoms with E-state index in [4.69, 9.17) is 19.4 Å². The van der Waals surface area contributed by atoms with E-state index in [2.05, 4.69) is 163 Å². The van der Waals surface area contributed by atoms with Gasteiger partial charge in [-0.25, -0.2) is 15.0 Å². The zero-order valence-corrected chi connectivity index (χ0v) is 33.6. The lowest BCUT2D eigenvalue weighted by Gasteiger charge is -2.28. The van der Waals surface area contributed by atoms with Gasteiger partial charge in [-0.3, -0.25) is 0 Å². The fourth-order valence-electron chi connectivity index (χ4n) is 8.31. The van der Waals surface area contributed by atoms with Crippen molar-refractivity contribution in [1.82, 2.24) is 15.0 Å². The third-order valence-electron chi connectivity index (χ3n) is 11.3. The summed E-state index contributed by atoms with van der Waals surface area (Å²) in [5.74, 6) is 1.74. The van der Waals surface area contributed by atoms with E-state index in [-0.39, 0.29) is 0 Å². The molecule has 0 N–H and O–H groups in total. The van der Waals surface area contributed by atoms with Crippen LogP contribution in [0, 0.1) is 0 Å². The van der Waals surface area contributed by atoms with Crippen LogP contribution in [0.2, 0.25) is 0 Å². The Balaban J connectivity index is 1.21. The van der Waals surface area contributed by atoms with E-state index >= 15 is 0 Å². The summed E-state index contributed by atoms with van der Waals surface area (Å²) in [4.78, 5) is 17.9. The van der Waals surface area contributed by atoms with Gasteiger partial charge in [0.25, 0.3) is 0 Å². The summed E-state index contributed by atoms with van der Waals surface area (Å²) in [6.07, 6.45) is 0. The van der Waals surface area contributed by atoms with E-state index in [1.54, 1.807) is 0 Å². The molecule has 62 heavy (non-hydrogen) atoms. The van der Waals surface area contributed by atoms with Crippen molar-refractivity contribution in [3.63, 3.8) is 0 Å². The van der Waals surface area contributed by atoms with Gasteiger partial charge in [0.05, 0.1) is 5.69 Å². The quantitative estimate of drug-likeness (QED) is 0.146. The lowest BCUT2D eigenvalue weighted by atomic mass is 9.96. The van der Waals surface area contributed by atoms with Crippen LogP contribution >= 0.6 is 0 Å². The lowest BCUT2D eigenvalue weighted by molar-refractivity contribution is 0.669. The molecule has 0 bridgehead atoms. The van der Waals surface area contributed by atoms with Crippen LogP contribution in [0.25, 0.3) is 89.5 Å². The molecule has 0 radical (unpaired) electrons. The summed E-state index contributed by atoms with van der Waals surface area (Å²) in [6.45, 7) is 0. The molecule has 0 atom stereocenters. The van der Waals surface area contributed by atoms with Gasteiger partial charge in [-0.1, -0.05) is 182 Å². The first-order chi connectivity index (χ1) is 30.7. The Morgan fingerprint density at radius 2 is 0.726 bits per heavy atom. The van der Waals surface area contributed by atoms with Crippen LogP contribution < -0.4 is 4.90 Å². The Hall–Kier alpha value is -8.41. The summed E-state index contributed by atoms with van der Waals surface area (Å²) >= 11 is 0. The number of benzene rings is 9. The Labute approximate surface area is 359 Å². The molecule has 292 valence electrons. The molecule has 0 spiro atoms. The topological polar surface area (TPSA) is 55.1 Å². The van der Waals surface area contributed by atoms with Crippen LogP contribution in [0.4, 0.5) is 17.1 Å². The van der Waals surface area contributed by atoms with Crippen molar-refractivity contribution in [3.8, 4) is 67.5 Å². The number of para-hydroxylation sites is 1. The summed E-state index contributed by atoms with van der Waals surface area (Å²) in [7, 11) is 0. The van der Waals surface area contributed by atoms with Crippen LogP contribution in [0.5, 0.6) is 0 Å². The molecule has 2 heterocycles. The van der Waals surface area contributed by atoms with E-state index in [1.807, 2.05) is 72.8 Å². The van der Waals surface area contributed by atoms with Gasteiger partial charge in [0.1, 0.15) is 11.2 Å². The molecular weight excluding hydrogens is 757 g/mol. The minimum atomic E-state index is 0.553. The lowest BCUT2D eigenvalue weighted by Crippen LogP contribution is -2.11. The van der Waals surface area contributed by atoms with Crippen LogP contribution in [-0.2, 0) is 0 Å². The van der Waals surface area contributed by atoms with Crippen molar-refractivity contribution in [2.24, 2.45) is 0 Å². The van der Waals surface area contributed by atoms with Gasteiger partial charge in [-0.15, -0.1) is 0 Å². The number of hydrogen-bond donors (Lipinski definition) is 0. The van der Waals surface area contributed by atoms with Crippen molar-refractivity contribution in [3.05, 3.63) is 231 Å². The Morgan fingerprint density at radius 3 is 1.29 bits per heavy atom. The van der Waals surface area contributed by atoms with Gasteiger partial charge in [-0.05, 0) is 75.8 Å². The second-order valence-corrected chi connectivity index (χ2v) is 15.3. The standard InChI is InChI=1S/C57H38N4O/c1-6-19-39(20-7-1)44-29-18-30-47(34-44)61(48-35-45(40-21-8-2-9-22-40)33-46(36-48)41-23-10-3-11-24-41)49-37-51(54-50-31-16-17-32-52(50)62-53(54)38-49)57-59-55(42-25-12-4-13-26-42)58-56(60-57)43-27-14-5-15-28-43/h1-38H. The molecule has 5 nitrogen and oxygen atoms in total. The average molecular weight is 795 g/mol. The predicted molar refractivity (Wildman–Crippen MR) is 254 cm³/mol. The Kier molecular flexibility index (Phi) is 9.45. The number of anilines is 3. The smallest absolute Gasteiger partial charge is 0.164 e. The average Bonchev–Trinajstić information content (AvgIpc) is 3.74. The second-order valence-electron chi connectivity index (χ2n) is 15.3. The number of aromatic nitrogens is 3. The van der Waals surface area contributed by atoms with Crippen molar-refractivity contribution in [2.45, 2.75) is 0 Å². The summed E-state index contributed by atoms with van der Waals surface area (Å²) in [6, 6.07) is 80.1. The monoisotopic (exact) mass is 794 g/mol. The van der Waals surface area contributed by atoms with Gasteiger partial charge >= 0.3 is 0 Å².